The van der Waals surface area contributed by atoms with Crippen LogP contribution in [-0.4, -0.2) is 11.8 Å². The highest BCUT2D eigenvalue weighted by molar-refractivity contribution is 5.76. The lowest BCUT2D eigenvalue weighted by Crippen LogP contribution is -2.22. The predicted octanol–water partition coefficient (Wildman–Crippen LogP) is 3.54. The van der Waals surface area contributed by atoms with Crippen LogP contribution in [0.25, 0.3) is 0 Å². The molecule has 0 bridgehead atoms. The van der Waals surface area contributed by atoms with E-state index in [0.29, 0.717) is 25.9 Å². The zero-order valence-electron chi connectivity index (χ0n) is 14.5. The molecule has 0 unspecified atom stereocenters. The molecule has 25 heavy (non-hydrogen) atoms. The first-order valence-corrected chi connectivity index (χ1v) is 8.82. The van der Waals surface area contributed by atoms with Gasteiger partial charge in [0.25, 0.3) is 0 Å². The monoisotopic (exact) mass is 346 g/mol. The zero-order valence-corrected chi connectivity index (χ0v) is 14.5. The highest BCUT2D eigenvalue weighted by Crippen LogP contribution is 2.08. The maximum atomic E-state index is 11.7. The number of furan rings is 2. The molecule has 0 aliphatic rings. The highest BCUT2D eigenvalue weighted by atomic mass is 16.3. The van der Waals surface area contributed by atoms with E-state index in [4.69, 9.17) is 8.83 Å². The lowest BCUT2D eigenvalue weighted by Gasteiger charge is -2.05. The number of nitrogens with one attached hydrogen (secondary N) is 2. The number of carbonyl (C=O) groups is 2. The van der Waals surface area contributed by atoms with Gasteiger partial charge in [-0.15, -0.1) is 0 Å². The Kier molecular flexibility index (Phi) is 8.38. The summed E-state index contributed by atoms with van der Waals surface area (Å²) in [6, 6.07) is 7.29. The van der Waals surface area contributed by atoms with Gasteiger partial charge < -0.3 is 19.5 Å². The van der Waals surface area contributed by atoms with Gasteiger partial charge in [-0.2, -0.15) is 0 Å². The van der Waals surface area contributed by atoms with Crippen molar-refractivity contribution >= 4 is 11.8 Å². The summed E-state index contributed by atoms with van der Waals surface area (Å²) in [6.07, 6.45) is 9.04. The van der Waals surface area contributed by atoms with E-state index in [0.717, 1.165) is 43.6 Å². The largest absolute Gasteiger partial charge is 0.467 e. The summed E-state index contributed by atoms with van der Waals surface area (Å²) in [5.74, 6) is 1.62. The summed E-state index contributed by atoms with van der Waals surface area (Å²) in [7, 11) is 0. The fourth-order valence-corrected chi connectivity index (χ4v) is 2.48. The van der Waals surface area contributed by atoms with Crippen LogP contribution in [-0.2, 0) is 22.7 Å². The van der Waals surface area contributed by atoms with Crippen molar-refractivity contribution in [2.75, 3.05) is 0 Å². The third kappa shape index (κ3) is 8.24. The molecule has 0 saturated heterocycles. The van der Waals surface area contributed by atoms with Crippen LogP contribution >= 0.6 is 0 Å². The summed E-state index contributed by atoms with van der Waals surface area (Å²) in [5, 5.41) is 5.67. The van der Waals surface area contributed by atoms with Crippen LogP contribution < -0.4 is 10.6 Å². The summed E-state index contributed by atoms with van der Waals surface area (Å²) in [4.78, 5) is 23.3. The molecule has 0 aromatic carbocycles. The van der Waals surface area contributed by atoms with Crippen molar-refractivity contribution in [3.05, 3.63) is 48.3 Å². The van der Waals surface area contributed by atoms with Crippen LogP contribution in [0.1, 0.15) is 56.5 Å². The van der Waals surface area contributed by atoms with Gasteiger partial charge in [0.2, 0.25) is 11.8 Å². The maximum Gasteiger partial charge on any atom is 0.220 e. The first-order valence-electron chi connectivity index (χ1n) is 8.82. The molecule has 0 aliphatic heterocycles. The molecular weight excluding hydrogens is 320 g/mol. The SMILES string of the molecule is O=C(CCCCCCCC(=O)NCc1ccco1)NCc1ccco1. The fourth-order valence-electron chi connectivity index (χ4n) is 2.48. The van der Waals surface area contributed by atoms with Gasteiger partial charge in [0, 0.05) is 12.8 Å². The van der Waals surface area contributed by atoms with Gasteiger partial charge in [-0.25, -0.2) is 0 Å². The second kappa shape index (κ2) is 11.1. The summed E-state index contributed by atoms with van der Waals surface area (Å²) < 4.78 is 10.3. The molecule has 0 atom stereocenters. The van der Waals surface area contributed by atoms with Gasteiger partial charge >= 0.3 is 0 Å². The molecule has 6 heteroatoms. The Bertz CT molecular complexity index is 551. The summed E-state index contributed by atoms with van der Waals surface area (Å²) in [6.45, 7) is 0.887. The van der Waals surface area contributed by atoms with Crippen molar-refractivity contribution in [1.82, 2.24) is 10.6 Å². The molecule has 6 nitrogen and oxygen atoms in total. The molecule has 2 heterocycles. The van der Waals surface area contributed by atoms with Crippen LogP contribution in [0.2, 0.25) is 0 Å². The van der Waals surface area contributed by atoms with Gasteiger partial charge in [0.05, 0.1) is 25.6 Å². The Morgan fingerprint density at radius 1 is 0.720 bits per heavy atom. The average molecular weight is 346 g/mol. The molecule has 136 valence electrons. The van der Waals surface area contributed by atoms with E-state index in [-0.39, 0.29) is 11.8 Å². The van der Waals surface area contributed by atoms with Crippen molar-refractivity contribution in [3.8, 4) is 0 Å². The molecule has 0 saturated carbocycles. The van der Waals surface area contributed by atoms with Crippen LogP contribution in [0.3, 0.4) is 0 Å². The minimum atomic E-state index is 0.0497. The summed E-state index contributed by atoms with van der Waals surface area (Å²) >= 11 is 0. The number of carbonyl (C=O) groups excluding carboxylic acids is 2. The van der Waals surface area contributed by atoms with E-state index >= 15 is 0 Å². The van der Waals surface area contributed by atoms with Crippen molar-refractivity contribution in [3.63, 3.8) is 0 Å². The van der Waals surface area contributed by atoms with Gasteiger partial charge in [0.1, 0.15) is 11.5 Å². The van der Waals surface area contributed by atoms with Crippen LogP contribution in [0.15, 0.2) is 45.6 Å². The predicted molar refractivity (Wildman–Crippen MR) is 93.4 cm³/mol. The quantitative estimate of drug-likeness (QED) is 0.576. The molecule has 0 aliphatic carbocycles. The Hall–Kier alpha value is -2.50. The van der Waals surface area contributed by atoms with Crippen LogP contribution in [0.5, 0.6) is 0 Å². The number of hydrogen-bond acceptors (Lipinski definition) is 4. The van der Waals surface area contributed by atoms with Crippen LogP contribution in [0.4, 0.5) is 0 Å². The third-order valence-corrected chi connectivity index (χ3v) is 3.89. The molecule has 2 N–H and O–H groups in total. The highest BCUT2D eigenvalue weighted by Gasteiger charge is 2.04. The van der Waals surface area contributed by atoms with Crippen molar-refractivity contribution < 1.29 is 18.4 Å². The number of amides is 2. The second-order valence-corrected chi connectivity index (χ2v) is 5.98. The second-order valence-electron chi connectivity index (χ2n) is 5.98. The van der Waals surface area contributed by atoms with Gasteiger partial charge in [-0.3, -0.25) is 9.59 Å². The normalized spacial score (nSPS) is 10.6. The lowest BCUT2D eigenvalue weighted by molar-refractivity contribution is -0.122. The van der Waals surface area contributed by atoms with Gasteiger partial charge in [0.15, 0.2) is 0 Å². The summed E-state index contributed by atoms with van der Waals surface area (Å²) in [5.41, 5.74) is 0. The van der Waals surface area contributed by atoms with E-state index in [1.54, 1.807) is 24.7 Å². The Balaban J connectivity index is 1.39. The molecule has 2 rings (SSSR count). The molecule has 0 radical (unpaired) electrons. The van der Waals surface area contributed by atoms with Gasteiger partial charge in [-0.1, -0.05) is 19.3 Å². The van der Waals surface area contributed by atoms with Crippen molar-refractivity contribution in [2.45, 2.75) is 58.0 Å². The van der Waals surface area contributed by atoms with Gasteiger partial charge in [-0.05, 0) is 37.1 Å². The molecule has 0 fully saturated rings. The zero-order chi connectivity index (χ0) is 17.7. The maximum absolute atomic E-state index is 11.7. The van der Waals surface area contributed by atoms with Crippen LogP contribution in [0, 0.1) is 0 Å². The molecule has 2 aromatic heterocycles. The smallest absolute Gasteiger partial charge is 0.220 e. The standard InChI is InChI=1S/C19H26N2O4/c22-18(20-14-16-8-6-12-24-16)10-4-2-1-3-5-11-19(23)21-15-17-9-7-13-25-17/h6-9,12-13H,1-5,10-11,14-15H2,(H,20,22)(H,21,23). The van der Waals surface area contributed by atoms with E-state index in [2.05, 4.69) is 10.6 Å². The number of hydrogen-bond donors (Lipinski definition) is 2. The molecule has 2 amide bonds. The lowest BCUT2D eigenvalue weighted by atomic mass is 10.1. The van der Waals surface area contributed by atoms with Crippen molar-refractivity contribution in [1.29, 1.82) is 0 Å². The number of unbranched alkanes of at least 4 members (excludes halogenated alkanes) is 4. The average Bonchev–Trinajstić information content (AvgIpc) is 3.30. The Morgan fingerprint density at radius 3 is 1.56 bits per heavy atom. The first kappa shape index (κ1) is 18.8. The Morgan fingerprint density at radius 2 is 1.16 bits per heavy atom. The number of rotatable bonds is 12. The van der Waals surface area contributed by atoms with E-state index in [1.165, 1.54) is 0 Å². The Labute approximate surface area is 148 Å². The minimum absolute atomic E-state index is 0.0497. The first-order chi connectivity index (χ1) is 12.2. The van der Waals surface area contributed by atoms with E-state index in [9.17, 15) is 9.59 Å². The van der Waals surface area contributed by atoms with E-state index < -0.39 is 0 Å². The molecule has 0 spiro atoms. The molecule has 2 aromatic rings. The topological polar surface area (TPSA) is 84.5 Å². The minimum Gasteiger partial charge on any atom is -0.467 e. The third-order valence-electron chi connectivity index (χ3n) is 3.89. The molecular formula is C19H26N2O4. The van der Waals surface area contributed by atoms with Crippen molar-refractivity contribution in [2.24, 2.45) is 0 Å². The van der Waals surface area contributed by atoms with E-state index in [1.807, 2.05) is 12.1 Å². The fraction of sp³-hybridized carbons (Fsp3) is 0.474.